The third kappa shape index (κ3) is 14.5. The van der Waals surface area contributed by atoms with E-state index in [0.29, 0.717) is 0 Å². The van der Waals surface area contributed by atoms with Gasteiger partial charge in [0.05, 0.1) is 48.3 Å². The molecule has 24 heteroatoms. The van der Waals surface area contributed by atoms with Gasteiger partial charge in [0.15, 0.2) is 5.70 Å². The molecule has 4 N–H and O–H groups in total. The van der Waals surface area contributed by atoms with Crippen LogP contribution >= 0.6 is 23.2 Å². The number of hydrogen-bond donors (Lipinski definition) is 4. The summed E-state index contributed by atoms with van der Waals surface area (Å²) in [5.41, 5.74) is -1.37. The number of carbonyl (C=O) groups is 1. The number of para-hydroxylation sites is 2. The molecular weight excluding hydrogens is 897 g/mol. The zero-order valence-electron chi connectivity index (χ0n) is 30.8. The first kappa shape index (κ1) is 51.6. The number of nitrogens with one attached hydrogen (secondary N) is 3. The van der Waals surface area contributed by atoms with Crippen LogP contribution in [0.5, 0.6) is 11.5 Å². The van der Waals surface area contributed by atoms with Crippen LogP contribution in [0.2, 0.25) is 10.0 Å². The number of carbonyl (C=O) groups excluding carboxylic acids is 1. The molecule has 0 unspecified atom stereocenters. The summed E-state index contributed by atoms with van der Waals surface area (Å²) in [4.78, 5) is 15.7. The minimum Gasteiger partial charge on any atom is -0.874 e. The molecule has 0 saturated carbocycles. The molecule has 0 aliphatic rings. The van der Waals surface area contributed by atoms with Crippen molar-refractivity contribution < 1.29 is 93.5 Å². The Morgan fingerprint density at radius 3 is 1.57 bits per heavy atom. The van der Waals surface area contributed by atoms with Crippen molar-refractivity contribution in [2.45, 2.75) is 23.6 Å². The van der Waals surface area contributed by atoms with E-state index in [9.17, 15) is 47.2 Å². The van der Waals surface area contributed by atoms with Crippen LogP contribution < -0.4 is 64.7 Å². The first-order valence-corrected chi connectivity index (χ1v) is 19.2. The van der Waals surface area contributed by atoms with Crippen molar-refractivity contribution in [3.8, 4) is 11.5 Å². The van der Waals surface area contributed by atoms with Gasteiger partial charge in [-0.15, -0.1) is 10.9 Å². The van der Waals surface area contributed by atoms with Crippen LogP contribution in [-0.4, -0.2) is 47.8 Å². The van der Waals surface area contributed by atoms with E-state index in [4.69, 9.17) is 23.2 Å². The maximum absolute atomic E-state index is 12.4. The minimum atomic E-state index is -3.82. The summed E-state index contributed by atoms with van der Waals surface area (Å²) in [6.45, 7) is 2.29. The van der Waals surface area contributed by atoms with Gasteiger partial charge in [-0.3, -0.25) is 9.79 Å². The molecule has 302 valence electrons. The molecule has 0 spiro atoms. The van der Waals surface area contributed by atoms with Gasteiger partial charge >= 0.3 is 46.3 Å². The predicted molar refractivity (Wildman–Crippen MR) is 200 cm³/mol. The summed E-state index contributed by atoms with van der Waals surface area (Å²) in [5, 5.41) is 74.8. The molecule has 0 saturated heterocycles. The van der Waals surface area contributed by atoms with Crippen LogP contribution in [0.3, 0.4) is 0 Å². The number of rotatable bonds is 12. The fourth-order valence-electron chi connectivity index (χ4n) is 3.92. The largest absolute Gasteiger partial charge is 3.00 e. The van der Waals surface area contributed by atoms with Gasteiger partial charge < -0.3 is 30.8 Å². The summed E-state index contributed by atoms with van der Waals surface area (Å²) >= 11 is 11.9. The molecule has 0 atom stereocenters. The zero-order chi connectivity index (χ0) is 41.8. The Balaban J connectivity index is 0.000000561. The van der Waals surface area contributed by atoms with E-state index in [1.165, 1.54) is 33.2 Å². The first-order valence-electron chi connectivity index (χ1n) is 15.5. The average molecular weight is 928 g/mol. The molecule has 0 heterocycles. The van der Waals surface area contributed by atoms with Crippen molar-refractivity contribution >= 4 is 77.8 Å². The fraction of sp³-hybridized carbons (Fsp3) is 0.118. The maximum Gasteiger partial charge on any atom is 3.00 e. The van der Waals surface area contributed by atoms with E-state index in [2.05, 4.69) is 40.2 Å². The van der Waals surface area contributed by atoms with Gasteiger partial charge in [-0.1, -0.05) is 78.0 Å². The van der Waals surface area contributed by atoms with Crippen LogP contribution in [0.25, 0.3) is 0 Å². The smallest absolute Gasteiger partial charge is 0.874 e. The van der Waals surface area contributed by atoms with Gasteiger partial charge in [0.25, 0.3) is 5.91 Å². The fourth-order valence-corrected chi connectivity index (χ4v) is 5.78. The second-order valence-electron chi connectivity index (χ2n) is 10.7. The molecule has 0 aliphatic carbocycles. The number of benzene rings is 4. The van der Waals surface area contributed by atoms with Crippen molar-refractivity contribution in [3.63, 3.8) is 0 Å². The quantitative estimate of drug-likeness (QED) is 0.0389. The van der Waals surface area contributed by atoms with Gasteiger partial charge in [0.2, 0.25) is 20.0 Å². The molecule has 58 heavy (non-hydrogen) atoms. The SMILES string of the molecule is CNS(=O)(=O)c1ccc([O-])c(N=NC(C(=O)Nc2ccccc2Cl)=C(C)O)c1.CNS(=O)(=O)c1ccc([O-])c(N=NC(C([O-])=Nc2ccccc2Cl)=C(C)[O-])c1.[Co+3].[Na+]. The Hall–Kier alpha value is -4.39. The molecule has 1 amide bonds. The number of nitrogens with zero attached hydrogens (tertiary/aromatic N) is 5. The van der Waals surface area contributed by atoms with Crippen molar-refractivity contribution in [3.05, 3.63) is 118 Å². The van der Waals surface area contributed by atoms with Crippen LogP contribution in [0, 0.1) is 0 Å². The molecule has 0 bridgehead atoms. The molecule has 4 aromatic carbocycles. The second-order valence-corrected chi connectivity index (χ2v) is 15.3. The summed E-state index contributed by atoms with van der Waals surface area (Å²) in [5.74, 6) is -4.27. The van der Waals surface area contributed by atoms with Crippen LogP contribution in [0.4, 0.5) is 22.7 Å². The summed E-state index contributed by atoms with van der Waals surface area (Å²) in [6.07, 6.45) is 0. The Bertz CT molecular complexity index is 2500. The minimum absolute atomic E-state index is 0. The zero-order valence-corrected chi connectivity index (χ0v) is 37.0. The van der Waals surface area contributed by atoms with E-state index < -0.39 is 66.3 Å². The monoisotopic (exact) mass is 926 g/mol. The van der Waals surface area contributed by atoms with Gasteiger partial charge in [-0.2, -0.15) is 15.3 Å². The number of allylic oxidation sites excluding steroid dienone is 2. The predicted octanol–water partition coefficient (Wildman–Crippen LogP) is 0.923. The van der Waals surface area contributed by atoms with Crippen molar-refractivity contribution in [2.75, 3.05) is 19.4 Å². The third-order valence-electron chi connectivity index (χ3n) is 6.82. The van der Waals surface area contributed by atoms with Crippen LogP contribution in [0.15, 0.2) is 143 Å². The standard InChI is InChI=1S/2C17H17ClN4O5S.Co.Na/c2*1-10(23)16(17(25)20-13-6-4-3-5-12(13)18)22-21-14-9-11(7-8-15(14)24)28(26,27)19-2;;/h2*3-9,19,23-24H,1-2H3,(H,20,25);;/q;;+3;+1/p-4. The van der Waals surface area contributed by atoms with E-state index in [0.717, 1.165) is 43.3 Å². The summed E-state index contributed by atoms with van der Waals surface area (Å²) < 4.78 is 51.5. The number of sulfonamides is 2. The Morgan fingerprint density at radius 2 is 1.14 bits per heavy atom. The summed E-state index contributed by atoms with van der Waals surface area (Å²) in [6, 6.07) is 18.9. The Kier molecular flexibility index (Phi) is 20.7. The Morgan fingerprint density at radius 1 is 0.690 bits per heavy atom. The molecule has 0 aliphatic heterocycles. The first-order chi connectivity index (χ1) is 26.3. The van der Waals surface area contributed by atoms with E-state index >= 15 is 0 Å². The number of hydrogen-bond acceptors (Lipinski definition) is 15. The molecule has 0 aromatic heterocycles. The number of amides is 1. The van der Waals surface area contributed by atoms with Crippen LogP contribution in [0.1, 0.15) is 13.8 Å². The van der Waals surface area contributed by atoms with Crippen molar-refractivity contribution in [1.82, 2.24) is 9.44 Å². The third-order valence-corrected chi connectivity index (χ3v) is 10.3. The normalized spacial score (nSPS) is 12.7. The second kappa shape index (κ2) is 23.3. The van der Waals surface area contributed by atoms with Gasteiger partial charge in [-0.05, 0) is 69.6 Å². The number of aliphatic hydroxyl groups excluding tert-OH is 1. The number of halogens is 2. The van der Waals surface area contributed by atoms with Crippen LogP contribution in [-0.2, 0) is 41.6 Å². The maximum atomic E-state index is 12.4. The van der Waals surface area contributed by atoms with Gasteiger partial charge in [0, 0.05) is 5.90 Å². The molecule has 4 rings (SSSR count). The number of azo groups is 2. The van der Waals surface area contributed by atoms with Crippen molar-refractivity contribution in [2.24, 2.45) is 25.4 Å². The molecule has 0 fully saturated rings. The molecule has 0 radical (unpaired) electrons. The van der Waals surface area contributed by atoms with Gasteiger partial charge in [-0.25, -0.2) is 26.3 Å². The van der Waals surface area contributed by atoms with E-state index in [-0.39, 0.29) is 88.9 Å². The molecular formula is C34H30Cl2CoN8NaO10S2. The summed E-state index contributed by atoms with van der Waals surface area (Å²) in [7, 11) is -5.19. The molecule has 18 nitrogen and oxygen atoms in total. The van der Waals surface area contributed by atoms with Gasteiger partial charge in [0.1, 0.15) is 5.76 Å². The Labute approximate surface area is 375 Å². The number of aliphatic imine (C=N–C) groups is 1. The van der Waals surface area contributed by atoms with E-state index in [1.807, 2.05) is 0 Å². The number of aliphatic hydroxyl groups is 1. The van der Waals surface area contributed by atoms with Crippen molar-refractivity contribution in [1.29, 1.82) is 0 Å². The number of anilines is 1. The molecule has 4 aromatic rings. The van der Waals surface area contributed by atoms with E-state index in [1.54, 1.807) is 36.4 Å². The topological polar surface area (TPSA) is 296 Å². The average Bonchev–Trinajstić information content (AvgIpc) is 3.15.